The van der Waals surface area contributed by atoms with Gasteiger partial charge in [-0.2, -0.15) is 0 Å². The third-order valence-corrected chi connectivity index (χ3v) is 4.69. The summed E-state index contributed by atoms with van der Waals surface area (Å²) in [6.45, 7) is 2.31. The van der Waals surface area contributed by atoms with E-state index in [-0.39, 0.29) is 12.3 Å². The van der Waals surface area contributed by atoms with E-state index in [0.717, 1.165) is 10.9 Å². The number of aromatic nitrogens is 1. The van der Waals surface area contributed by atoms with E-state index < -0.39 is 0 Å². The number of thiophene rings is 1. The number of hydrogen-bond donors (Lipinski definition) is 0. The van der Waals surface area contributed by atoms with Crippen LogP contribution in [0.25, 0.3) is 10.9 Å². The van der Waals surface area contributed by atoms with E-state index in [1.807, 2.05) is 29.0 Å². The van der Waals surface area contributed by atoms with Gasteiger partial charge >= 0.3 is 0 Å². The van der Waals surface area contributed by atoms with Crippen molar-refractivity contribution in [3.63, 3.8) is 0 Å². The van der Waals surface area contributed by atoms with Crippen LogP contribution in [0.5, 0.6) is 0 Å². The molecule has 0 spiro atoms. The number of hydrogen-bond acceptors (Lipinski definition) is 2. The first-order valence-corrected chi connectivity index (χ1v) is 7.65. The maximum Gasteiger partial charge on any atom is 0.184 e. The molecule has 0 unspecified atom stereocenters. The molecule has 0 saturated carbocycles. The number of halogens is 2. The lowest BCUT2D eigenvalue weighted by atomic mass is 10.2. The maximum atomic E-state index is 12.3. The first kappa shape index (κ1) is 13.7. The quantitative estimate of drug-likeness (QED) is 0.607. The van der Waals surface area contributed by atoms with E-state index in [0.29, 0.717) is 14.2 Å². The van der Waals surface area contributed by atoms with E-state index in [9.17, 15) is 4.79 Å². The molecule has 3 aromatic rings. The van der Waals surface area contributed by atoms with Crippen LogP contribution in [0, 0.1) is 6.92 Å². The molecule has 2 nitrogen and oxygen atoms in total. The third kappa shape index (κ3) is 2.49. The molecule has 3 rings (SSSR count). The van der Waals surface area contributed by atoms with Crippen molar-refractivity contribution in [2.75, 3.05) is 0 Å². The zero-order valence-corrected chi connectivity index (χ0v) is 13.0. The lowest BCUT2D eigenvalue weighted by Crippen LogP contribution is -2.09. The molecule has 0 aliphatic rings. The van der Waals surface area contributed by atoms with Crippen molar-refractivity contribution in [1.82, 2.24) is 4.57 Å². The van der Waals surface area contributed by atoms with E-state index in [1.165, 1.54) is 16.9 Å². The second kappa shape index (κ2) is 5.24. The molecule has 0 atom stereocenters. The lowest BCUT2D eigenvalue weighted by Gasteiger charge is -2.04. The summed E-state index contributed by atoms with van der Waals surface area (Å²) in [4.78, 5) is 12.3. The van der Waals surface area contributed by atoms with Crippen molar-refractivity contribution in [3.8, 4) is 0 Å². The molecule has 5 heteroatoms. The largest absolute Gasteiger partial charge is 0.340 e. The smallest absolute Gasteiger partial charge is 0.184 e. The molecule has 20 heavy (non-hydrogen) atoms. The van der Waals surface area contributed by atoms with Crippen molar-refractivity contribution in [2.24, 2.45) is 0 Å². The van der Waals surface area contributed by atoms with Gasteiger partial charge in [0.25, 0.3) is 0 Å². The first-order valence-electron chi connectivity index (χ1n) is 6.08. The van der Waals surface area contributed by atoms with Gasteiger partial charge in [0.2, 0.25) is 0 Å². The number of aryl methyl sites for hydroxylation is 1. The van der Waals surface area contributed by atoms with Crippen LogP contribution in [-0.4, -0.2) is 10.4 Å². The second-order valence-electron chi connectivity index (χ2n) is 4.67. The van der Waals surface area contributed by atoms with Gasteiger partial charge in [0.1, 0.15) is 4.34 Å². The normalized spacial score (nSPS) is 11.2. The van der Waals surface area contributed by atoms with Gasteiger partial charge in [0, 0.05) is 11.7 Å². The monoisotopic (exact) mass is 323 g/mol. The Balaban J connectivity index is 1.93. The molecule has 0 bridgehead atoms. The van der Waals surface area contributed by atoms with Gasteiger partial charge in [-0.3, -0.25) is 4.79 Å². The molecule has 0 saturated heterocycles. The molecule has 0 radical (unpaired) electrons. The van der Waals surface area contributed by atoms with Crippen molar-refractivity contribution in [1.29, 1.82) is 0 Å². The highest BCUT2D eigenvalue weighted by atomic mass is 35.5. The summed E-state index contributed by atoms with van der Waals surface area (Å²) in [5.41, 5.74) is 2.74. The number of nitrogens with zero attached hydrogens (tertiary/aromatic N) is 1. The Morgan fingerprint density at radius 1 is 1.25 bits per heavy atom. The molecule has 2 aromatic heterocycles. The van der Waals surface area contributed by atoms with Crippen LogP contribution in [0.3, 0.4) is 0 Å². The summed E-state index contributed by atoms with van der Waals surface area (Å²) in [7, 11) is 0. The van der Waals surface area contributed by atoms with Gasteiger partial charge in [0.15, 0.2) is 5.78 Å². The SMILES string of the molecule is Cc1ccc2c(ccn2CC(=O)c2cc(Cl)sc2Cl)c1. The molecular formula is C15H11Cl2NOS. The second-order valence-corrected chi connectivity index (χ2v) is 6.95. The average Bonchev–Trinajstić information content (AvgIpc) is 2.93. The molecule has 2 heterocycles. The van der Waals surface area contributed by atoms with Gasteiger partial charge in [-0.05, 0) is 36.6 Å². The zero-order valence-electron chi connectivity index (χ0n) is 10.7. The van der Waals surface area contributed by atoms with Gasteiger partial charge in [-0.25, -0.2) is 0 Å². The molecule has 0 amide bonds. The molecule has 0 N–H and O–H groups in total. The predicted molar refractivity (Wildman–Crippen MR) is 85.3 cm³/mol. The number of benzene rings is 1. The summed E-state index contributed by atoms with van der Waals surface area (Å²) in [5.74, 6) is -0.0313. The molecular weight excluding hydrogens is 313 g/mol. The Bertz CT molecular complexity index is 803. The van der Waals surface area contributed by atoms with Crippen LogP contribution in [0.15, 0.2) is 36.5 Å². The maximum absolute atomic E-state index is 12.3. The summed E-state index contributed by atoms with van der Waals surface area (Å²) in [5, 5.41) is 1.13. The minimum absolute atomic E-state index is 0.0313. The number of carbonyl (C=O) groups excluding carboxylic acids is 1. The van der Waals surface area contributed by atoms with Gasteiger partial charge in [-0.15, -0.1) is 11.3 Å². The van der Waals surface area contributed by atoms with Crippen LogP contribution in [-0.2, 0) is 6.54 Å². The van der Waals surface area contributed by atoms with E-state index in [4.69, 9.17) is 23.2 Å². The van der Waals surface area contributed by atoms with Crippen molar-refractivity contribution in [3.05, 3.63) is 56.3 Å². The third-order valence-electron chi connectivity index (χ3n) is 3.20. The number of ketones is 1. The molecule has 1 aromatic carbocycles. The number of carbonyl (C=O) groups is 1. The fourth-order valence-corrected chi connectivity index (χ4v) is 3.73. The van der Waals surface area contributed by atoms with E-state index >= 15 is 0 Å². The molecule has 0 aliphatic heterocycles. The van der Waals surface area contributed by atoms with Crippen molar-refractivity contribution in [2.45, 2.75) is 13.5 Å². The molecule has 0 aliphatic carbocycles. The van der Waals surface area contributed by atoms with E-state index in [2.05, 4.69) is 13.0 Å². The lowest BCUT2D eigenvalue weighted by molar-refractivity contribution is 0.0974. The molecule has 102 valence electrons. The van der Waals surface area contributed by atoms with Crippen molar-refractivity contribution >= 4 is 51.2 Å². The van der Waals surface area contributed by atoms with Crippen LogP contribution in [0.2, 0.25) is 8.67 Å². The minimum atomic E-state index is -0.0313. The topological polar surface area (TPSA) is 22.0 Å². The van der Waals surface area contributed by atoms with Crippen LogP contribution in [0.1, 0.15) is 15.9 Å². The highest BCUT2D eigenvalue weighted by Crippen LogP contribution is 2.31. The van der Waals surface area contributed by atoms with Gasteiger partial charge in [-0.1, -0.05) is 34.8 Å². The zero-order chi connectivity index (χ0) is 14.3. The predicted octanol–water partition coefficient (Wildman–Crippen LogP) is 5.20. The first-order chi connectivity index (χ1) is 9.54. The Hall–Kier alpha value is -1.29. The Morgan fingerprint density at radius 2 is 2.05 bits per heavy atom. The fourth-order valence-electron chi connectivity index (χ4n) is 2.23. The van der Waals surface area contributed by atoms with Crippen LogP contribution < -0.4 is 0 Å². The summed E-state index contributed by atoms with van der Waals surface area (Å²) >= 11 is 13.1. The Kier molecular flexibility index (Phi) is 3.59. The fraction of sp³-hybridized carbons (Fsp3) is 0.133. The highest BCUT2D eigenvalue weighted by molar-refractivity contribution is 7.20. The standard InChI is InChI=1S/C15H11Cl2NOS/c1-9-2-3-12-10(6-9)4-5-18(12)8-13(19)11-7-14(16)20-15(11)17/h2-7H,8H2,1H3. The number of Topliss-reactive ketones (excluding diaryl/α,β-unsaturated/α-hetero) is 1. The van der Waals surface area contributed by atoms with Crippen molar-refractivity contribution < 1.29 is 4.79 Å². The van der Waals surface area contributed by atoms with Crippen LogP contribution in [0.4, 0.5) is 0 Å². The summed E-state index contributed by atoms with van der Waals surface area (Å²) < 4.78 is 2.91. The summed E-state index contributed by atoms with van der Waals surface area (Å²) in [6, 6.07) is 9.81. The number of fused-ring (bicyclic) bond motifs is 1. The van der Waals surface area contributed by atoms with Gasteiger partial charge in [0.05, 0.1) is 16.4 Å². The Labute approximate surface area is 130 Å². The van der Waals surface area contributed by atoms with Crippen LogP contribution >= 0.6 is 34.5 Å². The Morgan fingerprint density at radius 3 is 2.75 bits per heavy atom. The minimum Gasteiger partial charge on any atom is -0.340 e. The molecule has 0 fully saturated rings. The highest BCUT2D eigenvalue weighted by Gasteiger charge is 2.15. The summed E-state index contributed by atoms with van der Waals surface area (Å²) in [6.07, 6.45) is 1.92. The average molecular weight is 324 g/mol. The van der Waals surface area contributed by atoms with E-state index in [1.54, 1.807) is 6.07 Å². The number of rotatable bonds is 3. The van der Waals surface area contributed by atoms with Gasteiger partial charge < -0.3 is 4.57 Å².